The van der Waals surface area contributed by atoms with Crippen LogP contribution in [0.1, 0.15) is 38.5 Å². The van der Waals surface area contributed by atoms with E-state index in [4.69, 9.17) is 4.84 Å². The minimum absolute atomic E-state index is 0.0544. The van der Waals surface area contributed by atoms with Crippen LogP contribution in [0.2, 0.25) is 0 Å². The second-order valence-electron chi connectivity index (χ2n) is 5.93. The molecule has 0 radical (unpaired) electrons. The van der Waals surface area contributed by atoms with Crippen LogP contribution >= 0.6 is 0 Å². The van der Waals surface area contributed by atoms with E-state index in [0.29, 0.717) is 6.61 Å². The summed E-state index contributed by atoms with van der Waals surface area (Å²) in [6.07, 6.45) is 6.12. The van der Waals surface area contributed by atoms with Crippen molar-refractivity contribution >= 4 is 23.6 Å². The van der Waals surface area contributed by atoms with Crippen LogP contribution in [0.15, 0.2) is 12.2 Å². The molecule has 118 valence electrons. The zero-order valence-corrected chi connectivity index (χ0v) is 12.2. The van der Waals surface area contributed by atoms with Crippen molar-refractivity contribution in [2.24, 2.45) is 5.92 Å². The van der Waals surface area contributed by atoms with E-state index in [1.54, 1.807) is 0 Å². The molecule has 0 aromatic heterocycles. The maximum atomic E-state index is 11.6. The number of imide groups is 2. The van der Waals surface area contributed by atoms with Crippen LogP contribution in [-0.4, -0.2) is 46.2 Å². The fraction of sp³-hybridized carbons (Fsp3) is 0.600. The van der Waals surface area contributed by atoms with E-state index >= 15 is 0 Å². The van der Waals surface area contributed by atoms with Crippen molar-refractivity contribution in [1.82, 2.24) is 9.96 Å². The molecule has 3 aliphatic rings. The SMILES string of the molecule is O=C1CCC(=O)N1OC[C@H]1CC[C@H](N2C(=O)C=CC2=O)CC1. The van der Waals surface area contributed by atoms with Gasteiger partial charge in [0.15, 0.2) is 0 Å². The number of carbonyl (C=O) groups is 4. The molecule has 0 aromatic rings. The first-order valence-electron chi connectivity index (χ1n) is 7.60. The average Bonchev–Trinajstić information content (AvgIpc) is 3.01. The highest BCUT2D eigenvalue weighted by molar-refractivity contribution is 6.13. The van der Waals surface area contributed by atoms with Gasteiger partial charge in [-0.2, -0.15) is 5.06 Å². The summed E-state index contributed by atoms with van der Waals surface area (Å²) in [5, 5.41) is 0.879. The lowest BCUT2D eigenvalue weighted by atomic mass is 9.86. The zero-order chi connectivity index (χ0) is 15.7. The van der Waals surface area contributed by atoms with Crippen molar-refractivity contribution < 1.29 is 24.0 Å². The Morgan fingerprint density at radius 3 is 2.00 bits per heavy atom. The number of nitrogens with zero attached hydrogens (tertiary/aromatic N) is 2. The molecule has 0 unspecified atom stereocenters. The molecule has 2 heterocycles. The molecule has 0 N–H and O–H groups in total. The molecule has 1 saturated carbocycles. The van der Waals surface area contributed by atoms with Gasteiger partial charge in [-0.05, 0) is 31.6 Å². The summed E-state index contributed by atoms with van der Waals surface area (Å²) in [4.78, 5) is 52.9. The summed E-state index contributed by atoms with van der Waals surface area (Å²) in [6, 6.07) is -0.0544. The van der Waals surface area contributed by atoms with Gasteiger partial charge < -0.3 is 0 Å². The Morgan fingerprint density at radius 2 is 1.45 bits per heavy atom. The first-order valence-corrected chi connectivity index (χ1v) is 7.60. The smallest absolute Gasteiger partial charge is 0.253 e. The van der Waals surface area contributed by atoms with Crippen molar-refractivity contribution in [3.63, 3.8) is 0 Å². The predicted molar refractivity (Wildman–Crippen MR) is 73.8 cm³/mol. The highest BCUT2D eigenvalue weighted by Crippen LogP contribution is 2.30. The quantitative estimate of drug-likeness (QED) is 0.708. The van der Waals surface area contributed by atoms with E-state index in [1.165, 1.54) is 17.1 Å². The average molecular weight is 306 g/mol. The van der Waals surface area contributed by atoms with Crippen molar-refractivity contribution in [3.8, 4) is 0 Å². The van der Waals surface area contributed by atoms with Gasteiger partial charge in [-0.1, -0.05) is 0 Å². The first kappa shape index (κ1) is 14.9. The lowest BCUT2D eigenvalue weighted by Crippen LogP contribution is -2.42. The van der Waals surface area contributed by atoms with Gasteiger partial charge in [-0.3, -0.25) is 28.9 Å². The molecular formula is C15H18N2O5. The third-order valence-corrected chi connectivity index (χ3v) is 4.47. The Morgan fingerprint density at radius 1 is 0.909 bits per heavy atom. The summed E-state index contributed by atoms with van der Waals surface area (Å²) < 4.78 is 0. The van der Waals surface area contributed by atoms with E-state index < -0.39 is 0 Å². The first-order chi connectivity index (χ1) is 10.6. The van der Waals surface area contributed by atoms with Crippen molar-refractivity contribution in [2.45, 2.75) is 44.6 Å². The molecule has 7 nitrogen and oxygen atoms in total. The largest absolute Gasteiger partial charge is 0.272 e. The van der Waals surface area contributed by atoms with E-state index in [9.17, 15) is 19.2 Å². The number of amides is 4. The molecule has 0 aromatic carbocycles. The Hall–Kier alpha value is -2.02. The number of hydrogen-bond acceptors (Lipinski definition) is 5. The minimum Gasteiger partial charge on any atom is -0.272 e. The Kier molecular flexibility index (Phi) is 4.06. The van der Waals surface area contributed by atoms with Gasteiger partial charge in [0.25, 0.3) is 23.6 Å². The Bertz CT molecular complexity index is 514. The second-order valence-corrected chi connectivity index (χ2v) is 5.93. The number of hydrogen-bond donors (Lipinski definition) is 0. The predicted octanol–water partition coefficient (Wildman–Crippen LogP) is 0.551. The van der Waals surface area contributed by atoms with Gasteiger partial charge in [0, 0.05) is 31.0 Å². The molecule has 1 saturated heterocycles. The van der Waals surface area contributed by atoms with Crippen LogP contribution < -0.4 is 0 Å². The van der Waals surface area contributed by atoms with Crippen molar-refractivity contribution in [2.75, 3.05) is 6.61 Å². The molecular weight excluding hydrogens is 288 g/mol. The standard InChI is InChI=1S/C15H18N2O5/c18-12-5-6-13(19)16(12)11-3-1-10(2-4-11)9-22-17-14(20)7-8-15(17)21/h5-6,10-11H,1-4,7-9H2/t10-,11-. The van der Waals surface area contributed by atoms with Crippen LogP contribution in [0.3, 0.4) is 0 Å². The normalized spacial score (nSPS) is 29.1. The number of carbonyl (C=O) groups excluding carboxylic acids is 4. The van der Waals surface area contributed by atoms with Gasteiger partial charge in [-0.25, -0.2) is 0 Å². The summed E-state index contributed by atoms with van der Waals surface area (Å²) in [5.41, 5.74) is 0. The van der Waals surface area contributed by atoms with Gasteiger partial charge >= 0.3 is 0 Å². The van der Waals surface area contributed by atoms with Crippen molar-refractivity contribution in [1.29, 1.82) is 0 Å². The molecule has 1 aliphatic carbocycles. The van der Waals surface area contributed by atoms with E-state index in [-0.39, 0.29) is 48.4 Å². The monoisotopic (exact) mass is 306 g/mol. The molecule has 0 spiro atoms. The van der Waals surface area contributed by atoms with Gasteiger partial charge in [0.1, 0.15) is 0 Å². The van der Waals surface area contributed by atoms with Crippen molar-refractivity contribution in [3.05, 3.63) is 12.2 Å². The summed E-state index contributed by atoms with van der Waals surface area (Å²) in [5.74, 6) is -0.801. The van der Waals surface area contributed by atoms with Gasteiger partial charge in [0.2, 0.25) is 0 Å². The highest BCUT2D eigenvalue weighted by atomic mass is 16.7. The molecule has 2 fully saturated rings. The third kappa shape index (κ3) is 2.81. The summed E-state index contributed by atoms with van der Waals surface area (Å²) in [7, 11) is 0. The second kappa shape index (κ2) is 6.00. The molecule has 22 heavy (non-hydrogen) atoms. The maximum absolute atomic E-state index is 11.6. The van der Waals surface area contributed by atoms with E-state index in [0.717, 1.165) is 30.7 Å². The minimum atomic E-state index is -0.280. The molecule has 7 heteroatoms. The van der Waals surface area contributed by atoms with E-state index in [2.05, 4.69) is 0 Å². The highest BCUT2D eigenvalue weighted by Gasteiger charge is 2.35. The van der Waals surface area contributed by atoms with Crippen LogP contribution in [-0.2, 0) is 24.0 Å². The fourth-order valence-electron chi connectivity index (χ4n) is 3.22. The van der Waals surface area contributed by atoms with Crippen LogP contribution in [0.25, 0.3) is 0 Å². The lowest BCUT2D eigenvalue weighted by molar-refractivity contribution is -0.192. The summed E-state index contributed by atoms with van der Waals surface area (Å²) >= 11 is 0. The number of rotatable bonds is 4. The topological polar surface area (TPSA) is 84.0 Å². The van der Waals surface area contributed by atoms with Gasteiger partial charge in [0.05, 0.1) is 6.61 Å². The molecule has 3 rings (SSSR count). The third-order valence-electron chi connectivity index (χ3n) is 4.47. The zero-order valence-electron chi connectivity index (χ0n) is 12.2. The lowest BCUT2D eigenvalue weighted by Gasteiger charge is -2.33. The molecule has 0 atom stereocenters. The molecule has 2 aliphatic heterocycles. The van der Waals surface area contributed by atoms with Crippen LogP contribution in [0.4, 0.5) is 0 Å². The van der Waals surface area contributed by atoms with E-state index in [1.807, 2.05) is 0 Å². The maximum Gasteiger partial charge on any atom is 0.253 e. The Balaban J connectivity index is 1.46. The molecule has 4 amide bonds. The summed E-state index contributed by atoms with van der Waals surface area (Å²) in [6.45, 7) is 0.324. The van der Waals surface area contributed by atoms with Crippen LogP contribution in [0.5, 0.6) is 0 Å². The molecule has 0 bridgehead atoms. The van der Waals surface area contributed by atoms with Crippen LogP contribution in [0, 0.1) is 5.92 Å². The Labute approximate surface area is 127 Å². The fourth-order valence-corrected chi connectivity index (χ4v) is 3.22. The number of hydroxylamine groups is 2. The van der Waals surface area contributed by atoms with Gasteiger partial charge in [-0.15, -0.1) is 0 Å².